The maximum Gasteiger partial charge on any atom is 0.256 e. The monoisotopic (exact) mass is 339 g/mol. The summed E-state index contributed by atoms with van der Waals surface area (Å²) in [6.07, 6.45) is 5.44. The van der Waals surface area contributed by atoms with Crippen molar-refractivity contribution in [3.8, 4) is 0 Å². The van der Waals surface area contributed by atoms with E-state index in [-0.39, 0.29) is 5.91 Å². The molecule has 0 spiro atoms. The molecule has 0 atom stereocenters. The molecule has 0 unspecified atom stereocenters. The molecular weight excluding hydrogens is 318 g/mol. The highest BCUT2D eigenvalue weighted by atomic mass is 79.9. The largest absolute Gasteiger partial charge is 0.335 e. The molecule has 1 aliphatic rings. The van der Waals surface area contributed by atoms with Crippen LogP contribution >= 0.6 is 15.9 Å². The van der Waals surface area contributed by atoms with Gasteiger partial charge in [0.25, 0.3) is 5.91 Å². The number of nitrogens with zero attached hydrogens (tertiary/aromatic N) is 3. The lowest BCUT2D eigenvalue weighted by atomic mass is 10.1. The molecule has 2 rings (SSSR count). The van der Waals surface area contributed by atoms with Crippen LogP contribution in [0.3, 0.4) is 0 Å². The zero-order valence-electron chi connectivity index (χ0n) is 12.2. The van der Waals surface area contributed by atoms with Crippen LogP contribution in [0.15, 0.2) is 6.07 Å². The van der Waals surface area contributed by atoms with Crippen LogP contribution in [-0.4, -0.2) is 38.9 Å². The van der Waals surface area contributed by atoms with Crippen LogP contribution in [-0.2, 0) is 6.42 Å². The lowest BCUT2D eigenvalue weighted by Gasteiger charge is -2.29. The average molecular weight is 340 g/mol. The fraction of sp³-hybridized carbons (Fsp3) is 0.667. The maximum atomic E-state index is 12.9. The van der Waals surface area contributed by atoms with E-state index in [9.17, 15) is 4.79 Å². The molecule has 1 fully saturated rings. The van der Waals surface area contributed by atoms with E-state index >= 15 is 0 Å². The first-order chi connectivity index (χ1) is 9.67. The molecule has 4 nitrogen and oxygen atoms in total. The summed E-state index contributed by atoms with van der Waals surface area (Å²) in [6, 6.07) is 2.27. The fourth-order valence-corrected chi connectivity index (χ4v) is 3.25. The van der Waals surface area contributed by atoms with Gasteiger partial charge in [-0.05, 0) is 32.3 Å². The quantitative estimate of drug-likeness (QED) is 0.774. The van der Waals surface area contributed by atoms with Crippen LogP contribution in [0.25, 0.3) is 0 Å². The molecule has 0 bridgehead atoms. The van der Waals surface area contributed by atoms with Crippen molar-refractivity contribution < 1.29 is 4.79 Å². The van der Waals surface area contributed by atoms with E-state index in [0.717, 1.165) is 48.1 Å². The Morgan fingerprint density at radius 3 is 2.70 bits per heavy atom. The van der Waals surface area contributed by atoms with Gasteiger partial charge in [0, 0.05) is 17.9 Å². The van der Waals surface area contributed by atoms with Gasteiger partial charge in [0.15, 0.2) is 0 Å². The Bertz CT molecular complexity index is 472. The first kappa shape index (κ1) is 15.4. The highest BCUT2D eigenvalue weighted by Gasteiger charge is 2.28. The predicted molar refractivity (Wildman–Crippen MR) is 83.2 cm³/mol. The molecule has 1 heterocycles. The number of aryl methyl sites for hydroxylation is 2. The Morgan fingerprint density at radius 2 is 2.10 bits per heavy atom. The van der Waals surface area contributed by atoms with Crippen molar-refractivity contribution in [2.75, 3.05) is 11.9 Å². The minimum Gasteiger partial charge on any atom is -0.335 e. The van der Waals surface area contributed by atoms with Gasteiger partial charge in [-0.3, -0.25) is 4.79 Å². The molecule has 0 aromatic carbocycles. The number of carbonyl (C=O) groups is 1. The molecule has 1 amide bonds. The summed E-state index contributed by atoms with van der Waals surface area (Å²) in [5, 5.41) is 9.06. The number of alkyl halides is 1. The molecule has 0 radical (unpaired) electrons. The van der Waals surface area contributed by atoms with E-state index in [0.29, 0.717) is 6.04 Å². The Hall–Kier alpha value is -0.970. The minimum atomic E-state index is 0.117. The number of hydrogen-bond acceptors (Lipinski definition) is 3. The minimum absolute atomic E-state index is 0.117. The maximum absolute atomic E-state index is 12.9. The van der Waals surface area contributed by atoms with Crippen molar-refractivity contribution >= 4 is 21.8 Å². The smallest absolute Gasteiger partial charge is 0.256 e. The van der Waals surface area contributed by atoms with Crippen molar-refractivity contribution in [3.05, 3.63) is 23.0 Å². The molecule has 1 aromatic heterocycles. The van der Waals surface area contributed by atoms with Gasteiger partial charge in [-0.15, -0.1) is 0 Å². The third-order valence-corrected chi connectivity index (χ3v) is 4.26. The van der Waals surface area contributed by atoms with Crippen molar-refractivity contribution in [1.29, 1.82) is 0 Å². The van der Waals surface area contributed by atoms with Gasteiger partial charge in [0.1, 0.15) is 0 Å². The summed E-state index contributed by atoms with van der Waals surface area (Å²) in [7, 11) is 0. The third-order valence-electron chi connectivity index (χ3n) is 3.91. The summed E-state index contributed by atoms with van der Waals surface area (Å²) >= 11 is 3.47. The molecule has 1 saturated carbocycles. The molecule has 0 N–H and O–H groups in total. The molecule has 0 saturated heterocycles. The second-order valence-electron chi connectivity index (χ2n) is 5.33. The van der Waals surface area contributed by atoms with Gasteiger partial charge in [0.2, 0.25) is 0 Å². The molecular formula is C15H22BrN3O. The SMILES string of the molecule is CCc1nnc(C)cc1C(=O)N(CCBr)C1CCCC1. The second-order valence-corrected chi connectivity index (χ2v) is 6.12. The average Bonchev–Trinajstić information content (AvgIpc) is 2.98. The molecule has 1 aromatic rings. The topological polar surface area (TPSA) is 46.1 Å². The van der Waals surface area contributed by atoms with Crippen LogP contribution in [0.1, 0.15) is 54.4 Å². The van der Waals surface area contributed by atoms with Crippen LogP contribution in [0.5, 0.6) is 0 Å². The lowest BCUT2D eigenvalue weighted by molar-refractivity contribution is 0.0694. The van der Waals surface area contributed by atoms with Gasteiger partial charge in [0.05, 0.1) is 17.0 Å². The zero-order valence-corrected chi connectivity index (χ0v) is 13.8. The van der Waals surface area contributed by atoms with Gasteiger partial charge in [-0.2, -0.15) is 10.2 Å². The van der Waals surface area contributed by atoms with Crippen LogP contribution in [0, 0.1) is 6.92 Å². The first-order valence-electron chi connectivity index (χ1n) is 7.37. The van der Waals surface area contributed by atoms with Gasteiger partial charge >= 0.3 is 0 Å². The number of rotatable bonds is 5. The van der Waals surface area contributed by atoms with E-state index in [2.05, 4.69) is 26.1 Å². The van der Waals surface area contributed by atoms with Crippen molar-refractivity contribution in [3.63, 3.8) is 0 Å². The first-order valence-corrected chi connectivity index (χ1v) is 8.49. The molecule has 20 heavy (non-hydrogen) atoms. The highest BCUT2D eigenvalue weighted by molar-refractivity contribution is 9.09. The highest BCUT2D eigenvalue weighted by Crippen LogP contribution is 2.25. The molecule has 110 valence electrons. The number of hydrogen-bond donors (Lipinski definition) is 0. The number of amides is 1. The summed E-state index contributed by atoms with van der Waals surface area (Å²) in [4.78, 5) is 14.9. The van der Waals surface area contributed by atoms with Gasteiger partial charge < -0.3 is 4.90 Å². The molecule has 5 heteroatoms. The number of carbonyl (C=O) groups excluding carboxylic acids is 1. The van der Waals surface area contributed by atoms with Crippen LogP contribution in [0.2, 0.25) is 0 Å². The molecule has 1 aliphatic carbocycles. The van der Waals surface area contributed by atoms with E-state index in [1.165, 1.54) is 12.8 Å². The summed E-state index contributed by atoms with van der Waals surface area (Å²) in [5.41, 5.74) is 2.33. The summed E-state index contributed by atoms with van der Waals surface area (Å²) in [6.45, 7) is 4.65. The lowest BCUT2D eigenvalue weighted by Crippen LogP contribution is -2.40. The normalized spacial score (nSPS) is 15.6. The Kier molecular flexibility index (Phi) is 5.52. The van der Waals surface area contributed by atoms with Crippen LogP contribution < -0.4 is 0 Å². The summed E-state index contributed by atoms with van der Waals surface area (Å²) in [5.74, 6) is 0.117. The van der Waals surface area contributed by atoms with E-state index < -0.39 is 0 Å². The Labute approximate surface area is 129 Å². The van der Waals surface area contributed by atoms with Crippen molar-refractivity contribution in [2.24, 2.45) is 0 Å². The van der Waals surface area contributed by atoms with Crippen molar-refractivity contribution in [1.82, 2.24) is 15.1 Å². The number of halogens is 1. The Balaban J connectivity index is 2.28. The predicted octanol–water partition coefficient (Wildman–Crippen LogP) is 3.13. The van der Waals surface area contributed by atoms with Gasteiger partial charge in [-0.1, -0.05) is 35.7 Å². The van der Waals surface area contributed by atoms with E-state index in [1.54, 1.807) is 0 Å². The second kappa shape index (κ2) is 7.16. The standard InChI is InChI=1S/C15H22BrN3O/c1-3-14-13(10-11(2)17-18-14)15(20)19(9-8-16)12-6-4-5-7-12/h10,12H,3-9H2,1-2H3. The Morgan fingerprint density at radius 1 is 1.40 bits per heavy atom. The van der Waals surface area contributed by atoms with Crippen LogP contribution in [0.4, 0.5) is 0 Å². The molecule has 0 aliphatic heterocycles. The van der Waals surface area contributed by atoms with Crippen molar-refractivity contribution in [2.45, 2.75) is 52.0 Å². The fourth-order valence-electron chi connectivity index (χ4n) is 2.87. The number of aromatic nitrogens is 2. The summed E-state index contributed by atoms with van der Waals surface area (Å²) < 4.78 is 0. The van der Waals surface area contributed by atoms with E-state index in [4.69, 9.17) is 0 Å². The van der Waals surface area contributed by atoms with E-state index in [1.807, 2.05) is 24.8 Å². The van der Waals surface area contributed by atoms with Gasteiger partial charge in [-0.25, -0.2) is 0 Å². The third kappa shape index (κ3) is 3.37. The zero-order chi connectivity index (χ0) is 14.5.